The molecule has 1 atom stereocenters. The van der Waals surface area contributed by atoms with Gasteiger partial charge in [0, 0.05) is 10.0 Å². The van der Waals surface area contributed by atoms with E-state index in [1.54, 1.807) is 13.3 Å². The molecule has 0 unspecified atom stereocenters. The molecule has 2 aromatic carbocycles. The van der Waals surface area contributed by atoms with Crippen LogP contribution in [0.25, 0.3) is 0 Å². The summed E-state index contributed by atoms with van der Waals surface area (Å²) in [6.07, 6.45) is 4.37. The molecule has 0 bridgehead atoms. The lowest BCUT2D eigenvalue weighted by Crippen LogP contribution is -2.29. The molecule has 0 saturated heterocycles. The molecule has 1 amide bonds. The number of fused-ring (bicyclic) bond motifs is 1. The number of ether oxygens (including phenoxy) is 2. The van der Waals surface area contributed by atoms with E-state index in [4.69, 9.17) is 9.47 Å². The van der Waals surface area contributed by atoms with E-state index < -0.39 is 0 Å². The Bertz CT molecular complexity index is 855. The number of amides is 1. The molecule has 1 aliphatic carbocycles. The summed E-state index contributed by atoms with van der Waals surface area (Å²) in [5.74, 6) is 0.367. The topological polar surface area (TPSA) is 59.9 Å². The molecule has 0 aromatic heterocycles. The van der Waals surface area contributed by atoms with Crippen molar-refractivity contribution in [1.29, 1.82) is 0 Å². The van der Waals surface area contributed by atoms with Gasteiger partial charge in [-0.3, -0.25) is 4.79 Å². The molecule has 0 fully saturated rings. The largest absolute Gasteiger partial charge is 0.495 e. The normalized spacial score (nSPS) is 16.2. The number of aryl methyl sites for hydroxylation is 1. The van der Waals surface area contributed by atoms with Gasteiger partial charge in [0.2, 0.25) is 0 Å². The highest BCUT2D eigenvalue weighted by Crippen LogP contribution is 2.31. The second kappa shape index (κ2) is 9.48. The van der Waals surface area contributed by atoms with E-state index in [1.807, 2.05) is 18.2 Å². The third-order valence-electron chi connectivity index (χ3n) is 4.39. The van der Waals surface area contributed by atoms with Crippen molar-refractivity contribution in [2.24, 2.45) is 5.10 Å². The predicted octanol–water partition coefficient (Wildman–Crippen LogP) is 4.24. The highest BCUT2D eigenvalue weighted by Gasteiger charge is 2.19. The Kier molecular flexibility index (Phi) is 7.04. The summed E-state index contributed by atoms with van der Waals surface area (Å²) in [6.45, 7) is -0.0104. The zero-order valence-electron chi connectivity index (χ0n) is 14.9. The molecule has 1 aliphatic rings. The van der Waals surface area contributed by atoms with Crippen LogP contribution in [0.15, 0.2) is 50.4 Å². The molecule has 27 heavy (non-hydrogen) atoms. The van der Waals surface area contributed by atoms with Crippen LogP contribution >= 0.6 is 31.9 Å². The van der Waals surface area contributed by atoms with Crippen LogP contribution in [-0.4, -0.2) is 31.9 Å². The van der Waals surface area contributed by atoms with E-state index >= 15 is 0 Å². The van der Waals surface area contributed by atoms with E-state index in [1.165, 1.54) is 11.1 Å². The van der Waals surface area contributed by atoms with E-state index in [2.05, 4.69) is 60.6 Å². The first kappa shape index (κ1) is 20.0. The van der Waals surface area contributed by atoms with Crippen LogP contribution in [0.2, 0.25) is 0 Å². The molecular weight excluding hydrogens is 476 g/mol. The average Bonchev–Trinajstić information content (AvgIpc) is 2.66. The van der Waals surface area contributed by atoms with Crippen molar-refractivity contribution in [3.05, 3.63) is 62.0 Å². The summed E-state index contributed by atoms with van der Waals surface area (Å²) < 4.78 is 12.8. The fourth-order valence-corrected chi connectivity index (χ4v) is 4.52. The third kappa shape index (κ3) is 5.40. The van der Waals surface area contributed by atoms with Crippen LogP contribution in [-0.2, 0) is 22.4 Å². The van der Waals surface area contributed by atoms with Crippen LogP contribution in [0.4, 0.5) is 0 Å². The van der Waals surface area contributed by atoms with Gasteiger partial charge in [-0.05, 0) is 58.5 Å². The molecule has 5 nitrogen and oxygen atoms in total. The summed E-state index contributed by atoms with van der Waals surface area (Å²) in [6, 6.07) is 12.1. The van der Waals surface area contributed by atoms with Gasteiger partial charge in [-0.2, -0.15) is 5.10 Å². The van der Waals surface area contributed by atoms with E-state index in [0.717, 1.165) is 33.8 Å². The highest BCUT2D eigenvalue weighted by molar-refractivity contribution is 9.11. The quantitative estimate of drug-likeness (QED) is 0.481. The molecule has 0 heterocycles. The number of nitrogens with one attached hydrogen (secondary N) is 1. The number of benzene rings is 2. The predicted molar refractivity (Wildman–Crippen MR) is 112 cm³/mol. The number of hydrogen-bond donors (Lipinski definition) is 1. The summed E-state index contributed by atoms with van der Waals surface area (Å²) in [4.78, 5) is 12.0. The number of carbonyl (C=O) groups excluding carboxylic acids is 1. The van der Waals surface area contributed by atoms with Gasteiger partial charge in [0.25, 0.3) is 5.91 Å². The van der Waals surface area contributed by atoms with Gasteiger partial charge in [0.15, 0.2) is 0 Å². The van der Waals surface area contributed by atoms with Crippen LogP contribution in [0, 0.1) is 0 Å². The fourth-order valence-electron chi connectivity index (χ4n) is 3.10. The lowest BCUT2D eigenvalue weighted by Gasteiger charge is -2.24. The number of nitrogens with zero attached hydrogens (tertiary/aromatic N) is 1. The highest BCUT2D eigenvalue weighted by atomic mass is 79.9. The van der Waals surface area contributed by atoms with Gasteiger partial charge in [-0.25, -0.2) is 5.43 Å². The van der Waals surface area contributed by atoms with Gasteiger partial charge >= 0.3 is 0 Å². The van der Waals surface area contributed by atoms with E-state index in [0.29, 0.717) is 5.75 Å². The Hall–Kier alpha value is -1.70. The average molecular weight is 496 g/mol. The summed E-state index contributed by atoms with van der Waals surface area (Å²) in [7, 11) is 1.58. The van der Waals surface area contributed by atoms with Gasteiger partial charge in [-0.1, -0.05) is 40.2 Å². The van der Waals surface area contributed by atoms with Crippen molar-refractivity contribution >= 4 is 44.0 Å². The van der Waals surface area contributed by atoms with E-state index in [9.17, 15) is 4.79 Å². The van der Waals surface area contributed by atoms with Crippen molar-refractivity contribution in [2.75, 3.05) is 13.7 Å². The van der Waals surface area contributed by atoms with Crippen molar-refractivity contribution in [3.8, 4) is 5.75 Å². The Morgan fingerprint density at radius 3 is 2.85 bits per heavy atom. The Morgan fingerprint density at radius 1 is 1.30 bits per heavy atom. The number of rotatable bonds is 6. The van der Waals surface area contributed by atoms with Gasteiger partial charge < -0.3 is 9.47 Å². The monoisotopic (exact) mass is 494 g/mol. The second-order valence-corrected chi connectivity index (χ2v) is 8.02. The zero-order chi connectivity index (χ0) is 19.2. The smallest absolute Gasteiger partial charge is 0.266 e. The number of hydrogen-bond acceptors (Lipinski definition) is 4. The summed E-state index contributed by atoms with van der Waals surface area (Å²) in [5, 5.41) is 4.01. The maximum absolute atomic E-state index is 12.0. The minimum Gasteiger partial charge on any atom is -0.495 e. The first-order valence-corrected chi connectivity index (χ1v) is 10.2. The molecule has 142 valence electrons. The minimum absolute atomic E-state index is 0.0104. The summed E-state index contributed by atoms with van der Waals surface area (Å²) in [5.41, 5.74) is 5.92. The first-order valence-electron chi connectivity index (χ1n) is 8.60. The molecule has 7 heteroatoms. The number of hydrazone groups is 1. The van der Waals surface area contributed by atoms with Crippen molar-refractivity contribution in [2.45, 2.75) is 25.4 Å². The summed E-state index contributed by atoms with van der Waals surface area (Å²) >= 11 is 6.86. The molecule has 0 radical (unpaired) electrons. The maximum atomic E-state index is 12.0. The van der Waals surface area contributed by atoms with Crippen LogP contribution in [0.3, 0.4) is 0 Å². The second-order valence-electron chi connectivity index (χ2n) is 6.25. The lowest BCUT2D eigenvalue weighted by atomic mass is 9.90. The minimum atomic E-state index is -0.280. The first-order chi connectivity index (χ1) is 13.1. The molecule has 3 rings (SSSR count). The molecule has 1 N–H and O–H groups in total. The molecular formula is C20H20Br2N2O3. The Labute approximate surface area is 175 Å². The SMILES string of the molecule is COc1c(Br)cc(Br)cc1C=NNC(=O)CO[C@@H]1CCc2ccccc2C1. The number of halogens is 2. The van der Waals surface area contributed by atoms with Crippen molar-refractivity contribution < 1.29 is 14.3 Å². The van der Waals surface area contributed by atoms with Crippen LogP contribution in [0.5, 0.6) is 5.75 Å². The number of methoxy groups -OCH3 is 1. The van der Waals surface area contributed by atoms with Crippen molar-refractivity contribution in [3.63, 3.8) is 0 Å². The maximum Gasteiger partial charge on any atom is 0.266 e. The molecule has 0 saturated carbocycles. The van der Waals surface area contributed by atoms with Gasteiger partial charge in [0.1, 0.15) is 12.4 Å². The number of carbonyl (C=O) groups is 1. The van der Waals surface area contributed by atoms with Gasteiger partial charge in [-0.15, -0.1) is 0 Å². The molecule has 0 aliphatic heterocycles. The third-order valence-corrected chi connectivity index (χ3v) is 5.43. The lowest BCUT2D eigenvalue weighted by molar-refractivity contribution is -0.127. The molecule has 0 spiro atoms. The van der Waals surface area contributed by atoms with Crippen LogP contribution < -0.4 is 10.2 Å². The van der Waals surface area contributed by atoms with E-state index in [-0.39, 0.29) is 18.6 Å². The fraction of sp³-hybridized carbons (Fsp3) is 0.300. The Morgan fingerprint density at radius 2 is 2.07 bits per heavy atom. The van der Waals surface area contributed by atoms with Crippen molar-refractivity contribution in [1.82, 2.24) is 5.43 Å². The van der Waals surface area contributed by atoms with Gasteiger partial charge in [0.05, 0.1) is 23.9 Å². The molecule has 2 aromatic rings. The standard InChI is InChI=1S/C20H20Br2N2O3/c1-26-20-15(8-16(21)10-18(20)22)11-23-24-19(25)12-27-17-7-6-13-4-2-3-5-14(13)9-17/h2-5,8,10-11,17H,6-7,9,12H2,1H3,(H,24,25)/t17-/m1/s1. The zero-order valence-corrected chi connectivity index (χ0v) is 18.0. The van der Waals surface area contributed by atoms with Crippen LogP contribution in [0.1, 0.15) is 23.1 Å². The Balaban J connectivity index is 1.50.